The molecule has 1 atom stereocenters. The predicted octanol–water partition coefficient (Wildman–Crippen LogP) is 2.79. The minimum Gasteiger partial charge on any atom is -0.569 e. The summed E-state index contributed by atoms with van der Waals surface area (Å²) in [6.45, 7) is 12.2. The van der Waals surface area contributed by atoms with Crippen LogP contribution in [0.5, 0.6) is 0 Å². The first kappa shape index (κ1) is 17.0. The summed E-state index contributed by atoms with van der Waals surface area (Å²) < 4.78 is 0. The second kappa shape index (κ2) is 7.11. The van der Waals surface area contributed by atoms with E-state index < -0.39 is 0 Å². The van der Waals surface area contributed by atoms with E-state index in [1.54, 1.807) is 7.05 Å². The standard InChI is InChI=1S/C14H30N4O2/c1-7-12(8-2)17-10-9-13(11-17)20-15-18(19)16(6)14(3,4)5/h12-13H,7-11H2,1-6H3/b18-15-/t13-/m1/s1. The van der Waals surface area contributed by atoms with E-state index in [1.165, 1.54) is 5.01 Å². The molecular weight excluding hydrogens is 256 g/mol. The Bertz CT molecular complexity index is 324. The van der Waals surface area contributed by atoms with Crippen LogP contribution in [0.3, 0.4) is 0 Å². The Morgan fingerprint density at radius 1 is 1.40 bits per heavy atom. The van der Waals surface area contributed by atoms with E-state index in [9.17, 15) is 5.21 Å². The predicted molar refractivity (Wildman–Crippen MR) is 79.0 cm³/mol. The van der Waals surface area contributed by atoms with E-state index in [0.717, 1.165) is 32.4 Å². The number of rotatable bonds is 6. The van der Waals surface area contributed by atoms with Crippen LogP contribution in [0.15, 0.2) is 5.28 Å². The van der Waals surface area contributed by atoms with E-state index >= 15 is 0 Å². The van der Waals surface area contributed by atoms with Crippen molar-refractivity contribution >= 4 is 0 Å². The van der Waals surface area contributed by atoms with Gasteiger partial charge in [-0.25, -0.2) is 0 Å². The molecule has 0 N–H and O–H groups in total. The van der Waals surface area contributed by atoms with Crippen LogP contribution in [-0.2, 0) is 4.84 Å². The van der Waals surface area contributed by atoms with Crippen molar-refractivity contribution in [2.75, 3.05) is 20.1 Å². The van der Waals surface area contributed by atoms with Crippen molar-refractivity contribution in [3.63, 3.8) is 0 Å². The van der Waals surface area contributed by atoms with Gasteiger partial charge in [0, 0.05) is 25.6 Å². The van der Waals surface area contributed by atoms with Gasteiger partial charge >= 0.3 is 0 Å². The third-order valence-corrected chi connectivity index (χ3v) is 4.13. The molecule has 0 radical (unpaired) electrons. The molecule has 0 aromatic rings. The monoisotopic (exact) mass is 286 g/mol. The number of hydrogen-bond donors (Lipinski definition) is 0. The second-order valence-electron chi connectivity index (χ2n) is 6.51. The van der Waals surface area contributed by atoms with Crippen molar-refractivity contribution in [3.05, 3.63) is 5.21 Å². The van der Waals surface area contributed by atoms with Crippen molar-refractivity contribution in [1.82, 2.24) is 9.91 Å². The minimum absolute atomic E-state index is 0.0282. The molecule has 6 heteroatoms. The fourth-order valence-corrected chi connectivity index (χ4v) is 2.40. The minimum atomic E-state index is -0.272. The molecule has 1 rings (SSSR count). The van der Waals surface area contributed by atoms with E-state index in [2.05, 4.69) is 24.0 Å². The third-order valence-electron chi connectivity index (χ3n) is 4.13. The highest BCUT2D eigenvalue weighted by Gasteiger charge is 2.29. The smallest absolute Gasteiger partial charge is 0.233 e. The summed E-state index contributed by atoms with van der Waals surface area (Å²) in [6, 6.07) is 0.615. The molecule has 1 saturated heterocycles. The number of hydrazine groups is 1. The largest absolute Gasteiger partial charge is 0.569 e. The number of likely N-dealkylation sites (tertiary alicyclic amines) is 1. The molecule has 20 heavy (non-hydrogen) atoms. The van der Waals surface area contributed by atoms with Crippen molar-refractivity contribution in [1.29, 1.82) is 0 Å². The maximum Gasteiger partial charge on any atom is 0.233 e. The zero-order chi connectivity index (χ0) is 15.3. The number of hydrogen-bond acceptors (Lipinski definition) is 4. The summed E-state index contributed by atoms with van der Waals surface area (Å²) in [5.41, 5.74) is -0.272. The van der Waals surface area contributed by atoms with Crippen LogP contribution in [0.2, 0.25) is 0 Å². The molecule has 6 nitrogen and oxygen atoms in total. The van der Waals surface area contributed by atoms with Gasteiger partial charge < -0.3 is 10.0 Å². The molecule has 0 spiro atoms. The molecule has 0 bridgehead atoms. The van der Waals surface area contributed by atoms with Crippen LogP contribution < -0.4 is 0 Å². The van der Waals surface area contributed by atoms with Crippen LogP contribution in [0.4, 0.5) is 0 Å². The van der Waals surface area contributed by atoms with Gasteiger partial charge in [0.1, 0.15) is 6.10 Å². The summed E-state index contributed by atoms with van der Waals surface area (Å²) in [6.07, 6.45) is 3.27. The molecule has 118 valence electrons. The summed E-state index contributed by atoms with van der Waals surface area (Å²) >= 11 is 0. The van der Waals surface area contributed by atoms with Crippen LogP contribution in [0, 0.1) is 5.21 Å². The van der Waals surface area contributed by atoms with Gasteiger partial charge in [0.25, 0.3) is 0 Å². The summed E-state index contributed by atoms with van der Waals surface area (Å²) in [5.74, 6) is 0. The van der Waals surface area contributed by atoms with Crippen LogP contribution in [0.1, 0.15) is 53.9 Å². The second-order valence-corrected chi connectivity index (χ2v) is 6.51. The van der Waals surface area contributed by atoms with Crippen molar-refractivity contribution in [2.45, 2.75) is 71.6 Å². The van der Waals surface area contributed by atoms with Crippen LogP contribution in [0.25, 0.3) is 0 Å². The molecule has 1 aliphatic rings. The maximum absolute atomic E-state index is 11.8. The third kappa shape index (κ3) is 4.51. The first-order chi connectivity index (χ1) is 9.29. The molecule has 1 fully saturated rings. The lowest BCUT2D eigenvalue weighted by Crippen LogP contribution is -2.42. The molecule has 1 aliphatic heterocycles. The average molecular weight is 286 g/mol. The Labute approximate surface area is 122 Å². The van der Waals surface area contributed by atoms with E-state index in [-0.39, 0.29) is 11.6 Å². The summed E-state index contributed by atoms with van der Waals surface area (Å²) in [7, 11) is 1.71. The highest BCUT2D eigenvalue weighted by Crippen LogP contribution is 2.19. The lowest BCUT2D eigenvalue weighted by atomic mass is 10.1. The lowest BCUT2D eigenvalue weighted by Gasteiger charge is -2.26. The van der Waals surface area contributed by atoms with Gasteiger partial charge in [-0.15, -0.1) is 5.01 Å². The topological polar surface area (TPSA) is 54.1 Å². The molecule has 0 amide bonds. The van der Waals surface area contributed by atoms with Crippen molar-refractivity contribution in [3.8, 4) is 0 Å². The Balaban J connectivity index is 2.48. The highest BCUT2D eigenvalue weighted by molar-refractivity contribution is 4.80. The average Bonchev–Trinajstić information content (AvgIpc) is 2.84. The maximum atomic E-state index is 11.8. The Hall–Kier alpha value is -1.04. The molecule has 0 saturated carbocycles. The summed E-state index contributed by atoms with van der Waals surface area (Å²) in [4.78, 5) is 8.38. The Kier molecular flexibility index (Phi) is 6.05. The summed E-state index contributed by atoms with van der Waals surface area (Å²) in [5, 5.41) is 17.0. The van der Waals surface area contributed by atoms with Crippen molar-refractivity contribution in [2.24, 2.45) is 5.28 Å². The SMILES string of the molecule is CCC(CC)N1CC[C@@H](O/N=[N+](\[O-])N(C)C(C)(C)C)C1. The van der Waals surface area contributed by atoms with E-state index in [0.29, 0.717) is 11.0 Å². The van der Waals surface area contributed by atoms with Crippen LogP contribution >= 0.6 is 0 Å². The quantitative estimate of drug-likeness (QED) is 0.428. The first-order valence-corrected chi connectivity index (χ1v) is 7.61. The number of nitrogens with zero attached hydrogens (tertiary/aromatic N) is 4. The van der Waals surface area contributed by atoms with Gasteiger partial charge in [-0.3, -0.25) is 4.90 Å². The van der Waals surface area contributed by atoms with E-state index in [4.69, 9.17) is 4.84 Å². The van der Waals surface area contributed by atoms with Crippen LogP contribution in [-0.4, -0.2) is 52.7 Å². The molecule has 1 heterocycles. The van der Waals surface area contributed by atoms with Crippen molar-refractivity contribution < 1.29 is 9.81 Å². The molecule has 0 aromatic heterocycles. The Morgan fingerprint density at radius 3 is 2.50 bits per heavy atom. The van der Waals surface area contributed by atoms with Gasteiger partial charge in [-0.05, 0) is 33.6 Å². The highest BCUT2D eigenvalue weighted by atomic mass is 16.7. The van der Waals surface area contributed by atoms with Gasteiger partial charge in [0.2, 0.25) is 5.28 Å². The fraction of sp³-hybridized carbons (Fsp3) is 1.00. The first-order valence-electron chi connectivity index (χ1n) is 7.61. The van der Waals surface area contributed by atoms with Gasteiger partial charge in [-0.1, -0.05) is 13.8 Å². The fourth-order valence-electron chi connectivity index (χ4n) is 2.40. The molecule has 0 unspecified atom stereocenters. The lowest BCUT2D eigenvalue weighted by molar-refractivity contribution is -0.720. The molecule has 0 aromatic carbocycles. The van der Waals surface area contributed by atoms with Gasteiger partial charge in [0.15, 0.2) is 0 Å². The molecular formula is C14H30N4O2. The zero-order valence-electron chi connectivity index (χ0n) is 13.8. The normalized spacial score (nSPS) is 21.6. The Morgan fingerprint density at radius 2 is 2.00 bits per heavy atom. The van der Waals surface area contributed by atoms with Gasteiger partial charge in [-0.2, -0.15) is 0 Å². The zero-order valence-corrected chi connectivity index (χ0v) is 13.8. The van der Waals surface area contributed by atoms with E-state index in [1.807, 2.05) is 20.8 Å². The van der Waals surface area contributed by atoms with Gasteiger partial charge in [0.05, 0.1) is 17.6 Å². The molecule has 0 aliphatic carbocycles.